The van der Waals surface area contributed by atoms with E-state index in [0.717, 1.165) is 18.4 Å². The van der Waals surface area contributed by atoms with Gasteiger partial charge in [0.2, 0.25) is 11.7 Å². The molecule has 30 heavy (non-hydrogen) atoms. The van der Waals surface area contributed by atoms with Crippen LogP contribution in [0.3, 0.4) is 0 Å². The molecule has 2 amide bonds. The Balaban J connectivity index is 1.69. The number of benzene rings is 1. The molecular formula is C19H21N9O2. The van der Waals surface area contributed by atoms with Gasteiger partial charge in [-0.15, -0.1) is 20.4 Å². The van der Waals surface area contributed by atoms with Crippen molar-refractivity contribution in [1.29, 1.82) is 0 Å². The average Bonchev–Trinajstić information content (AvgIpc) is 3.50. The number of carbonyl (C=O) groups excluding carboxylic acids is 2. The smallest absolute Gasteiger partial charge is 0.273 e. The molecule has 154 valence electrons. The van der Waals surface area contributed by atoms with Crippen LogP contribution in [0.2, 0.25) is 0 Å². The standard InChI is InChI=1S/C19H21N9O2/c1-10-12(17-25-27-28(3)26-17)5-4-6-13(10)21-14-9-15(22-18(29)11-7-8-11)23-24-16(14)19(30)20-2/h4-6,9,11H,7-8H2,1-3H3,(H,20,30)(H2,21,22,23,29)/i2D3. The summed E-state index contributed by atoms with van der Waals surface area (Å²) in [7, 11) is 1.66. The fourth-order valence-corrected chi connectivity index (χ4v) is 2.90. The molecule has 0 aliphatic heterocycles. The van der Waals surface area contributed by atoms with Crippen molar-refractivity contribution >= 4 is 29.0 Å². The van der Waals surface area contributed by atoms with Crippen LogP contribution in [0.5, 0.6) is 0 Å². The van der Waals surface area contributed by atoms with E-state index in [0.29, 0.717) is 17.1 Å². The predicted molar refractivity (Wildman–Crippen MR) is 109 cm³/mol. The highest BCUT2D eigenvalue weighted by atomic mass is 16.2. The van der Waals surface area contributed by atoms with Gasteiger partial charge in [-0.05, 0) is 36.6 Å². The van der Waals surface area contributed by atoms with Crippen LogP contribution in [0.4, 0.5) is 17.2 Å². The van der Waals surface area contributed by atoms with Gasteiger partial charge in [-0.2, -0.15) is 4.80 Å². The zero-order chi connectivity index (χ0) is 23.8. The van der Waals surface area contributed by atoms with Crippen molar-refractivity contribution in [3.05, 3.63) is 35.5 Å². The molecule has 0 radical (unpaired) electrons. The molecule has 11 heteroatoms. The van der Waals surface area contributed by atoms with E-state index in [1.54, 1.807) is 19.2 Å². The van der Waals surface area contributed by atoms with Gasteiger partial charge < -0.3 is 16.0 Å². The third-order valence-electron chi connectivity index (χ3n) is 4.67. The largest absolute Gasteiger partial charge is 0.354 e. The fraction of sp³-hybridized carbons (Fsp3) is 0.316. The number of tetrazole rings is 1. The van der Waals surface area contributed by atoms with E-state index in [1.807, 2.05) is 18.3 Å². The Morgan fingerprint density at radius 3 is 2.73 bits per heavy atom. The lowest BCUT2D eigenvalue weighted by molar-refractivity contribution is -0.117. The molecule has 2 aromatic heterocycles. The van der Waals surface area contributed by atoms with Gasteiger partial charge in [0.05, 0.1) is 12.7 Å². The number of hydrogen-bond acceptors (Lipinski definition) is 8. The Hall–Kier alpha value is -3.89. The first-order valence-electron chi connectivity index (χ1n) is 10.7. The third-order valence-corrected chi connectivity index (χ3v) is 4.67. The second-order valence-electron chi connectivity index (χ2n) is 6.92. The van der Waals surface area contributed by atoms with Crippen LogP contribution < -0.4 is 16.0 Å². The van der Waals surface area contributed by atoms with Gasteiger partial charge in [0.15, 0.2) is 11.5 Å². The van der Waals surface area contributed by atoms with Crippen LogP contribution >= 0.6 is 0 Å². The summed E-state index contributed by atoms with van der Waals surface area (Å²) in [4.78, 5) is 26.0. The van der Waals surface area contributed by atoms with E-state index in [-0.39, 0.29) is 29.0 Å². The van der Waals surface area contributed by atoms with Crippen molar-refractivity contribution in [3.8, 4) is 11.4 Å². The summed E-state index contributed by atoms with van der Waals surface area (Å²) in [6, 6.07) is 6.80. The quantitative estimate of drug-likeness (QED) is 0.554. The minimum Gasteiger partial charge on any atom is -0.354 e. The fourth-order valence-electron chi connectivity index (χ4n) is 2.90. The highest BCUT2D eigenvalue weighted by molar-refractivity contribution is 5.99. The first kappa shape index (κ1) is 16.0. The normalized spacial score (nSPS) is 14.9. The van der Waals surface area contributed by atoms with Crippen molar-refractivity contribution < 1.29 is 13.7 Å². The van der Waals surface area contributed by atoms with Gasteiger partial charge >= 0.3 is 0 Å². The van der Waals surface area contributed by atoms with Crippen molar-refractivity contribution in [2.24, 2.45) is 13.0 Å². The number of aryl methyl sites for hydroxylation is 1. The number of amides is 2. The summed E-state index contributed by atoms with van der Waals surface area (Å²) in [6.07, 6.45) is 1.62. The first-order chi connectivity index (χ1) is 15.6. The number of nitrogens with zero attached hydrogens (tertiary/aromatic N) is 6. The highest BCUT2D eigenvalue weighted by Crippen LogP contribution is 2.32. The third kappa shape index (κ3) is 3.95. The van der Waals surface area contributed by atoms with Crippen molar-refractivity contribution in [3.63, 3.8) is 0 Å². The molecule has 0 bridgehead atoms. The number of carbonyl (C=O) groups is 2. The number of hydrogen-bond donors (Lipinski definition) is 3. The van der Waals surface area contributed by atoms with E-state index >= 15 is 0 Å². The Labute approximate surface area is 176 Å². The number of nitrogens with one attached hydrogen (secondary N) is 3. The summed E-state index contributed by atoms with van der Waals surface area (Å²) < 4.78 is 21.9. The molecule has 0 saturated heterocycles. The van der Waals surface area contributed by atoms with Gasteiger partial charge in [-0.1, -0.05) is 12.1 Å². The maximum Gasteiger partial charge on any atom is 0.273 e. The topological polar surface area (TPSA) is 140 Å². The van der Waals surface area contributed by atoms with Gasteiger partial charge in [-0.3, -0.25) is 9.59 Å². The van der Waals surface area contributed by atoms with Gasteiger partial charge in [0.25, 0.3) is 5.91 Å². The van der Waals surface area contributed by atoms with Crippen LogP contribution in [0.25, 0.3) is 11.4 Å². The number of aromatic nitrogens is 6. The summed E-state index contributed by atoms with van der Waals surface area (Å²) in [5.74, 6) is -0.607. The summed E-state index contributed by atoms with van der Waals surface area (Å²) >= 11 is 0. The monoisotopic (exact) mass is 410 g/mol. The molecule has 1 aliphatic rings. The molecular weight excluding hydrogens is 386 g/mol. The first-order valence-corrected chi connectivity index (χ1v) is 9.23. The summed E-state index contributed by atoms with van der Waals surface area (Å²) in [6.45, 7) is -0.872. The van der Waals surface area contributed by atoms with Gasteiger partial charge in [0.1, 0.15) is 0 Å². The summed E-state index contributed by atoms with van der Waals surface area (Å²) in [5.41, 5.74) is 2.00. The zero-order valence-corrected chi connectivity index (χ0v) is 16.3. The van der Waals surface area contributed by atoms with E-state index in [2.05, 4.69) is 36.2 Å². The van der Waals surface area contributed by atoms with Crippen molar-refractivity contribution in [2.45, 2.75) is 19.8 Å². The van der Waals surface area contributed by atoms with Crippen LogP contribution in [-0.4, -0.2) is 49.2 Å². The zero-order valence-electron chi connectivity index (χ0n) is 19.3. The van der Waals surface area contributed by atoms with Gasteiger partial charge in [0, 0.05) is 34.3 Å². The van der Waals surface area contributed by atoms with E-state index < -0.39 is 12.9 Å². The van der Waals surface area contributed by atoms with E-state index in [1.165, 1.54) is 10.9 Å². The second-order valence-corrected chi connectivity index (χ2v) is 6.92. The average molecular weight is 410 g/mol. The molecule has 2 heterocycles. The SMILES string of the molecule is [2H]C([2H])([2H])NC(=O)c1nnc(NC(=O)C2CC2)cc1Nc1cccc(-c2nnn(C)n2)c1C. The Bertz CT molecular complexity index is 1220. The molecule has 1 saturated carbocycles. The Kier molecular flexibility index (Phi) is 4.18. The van der Waals surface area contributed by atoms with Crippen LogP contribution in [-0.2, 0) is 11.8 Å². The lowest BCUT2D eigenvalue weighted by Crippen LogP contribution is -2.22. The number of rotatable bonds is 6. The molecule has 0 atom stereocenters. The predicted octanol–water partition coefficient (Wildman–Crippen LogP) is 1.43. The maximum atomic E-state index is 12.6. The molecule has 4 rings (SSSR count). The molecule has 11 nitrogen and oxygen atoms in total. The lowest BCUT2D eigenvalue weighted by Gasteiger charge is -2.15. The molecule has 3 aromatic rings. The van der Waals surface area contributed by atoms with Crippen LogP contribution in [0, 0.1) is 12.8 Å². The van der Waals surface area contributed by atoms with Gasteiger partial charge in [-0.25, -0.2) is 0 Å². The Morgan fingerprint density at radius 2 is 2.03 bits per heavy atom. The highest BCUT2D eigenvalue weighted by Gasteiger charge is 2.30. The molecule has 1 aliphatic carbocycles. The molecule has 3 N–H and O–H groups in total. The van der Waals surface area contributed by atoms with Crippen LogP contribution in [0.15, 0.2) is 24.3 Å². The number of anilines is 3. The minimum absolute atomic E-state index is 0.0554. The Morgan fingerprint density at radius 1 is 1.20 bits per heavy atom. The maximum absolute atomic E-state index is 12.6. The molecule has 1 fully saturated rings. The minimum atomic E-state index is -2.71. The second kappa shape index (κ2) is 7.85. The van der Waals surface area contributed by atoms with E-state index in [4.69, 9.17) is 4.11 Å². The van der Waals surface area contributed by atoms with E-state index in [9.17, 15) is 9.59 Å². The van der Waals surface area contributed by atoms with Crippen molar-refractivity contribution in [1.82, 2.24) is 35.7 Å². The lowest BCUT2D eigenvalue weighted by atomic mass is 10.1. The summed E-state index contributed by atoms with van der Waals surface area (Å²) in [5, 5.41) is 27.5. The molecule has 0 spiro atoms. The molecule has 0 unspecified atom stereocenters. The molecule has 1 aromatic carbocycles. The van der Waals surface area contributed by atoms with Crippen LogP contribution in [0.1, 0.15) is 33.0 Å². The van der Waals surface area contributed by atoms with Crippen molar-refractivity contribution in [2.75, 3.05) is 17.6 Å².